The molecule has 2 amide bonds. The summed E-state index contributed by atoms with van der Waals surface area (Å²) in [7, 11) is 0. The fraction of sp³-hybridized carbons (Fsp3) is 0.150. The molecule has 2 rings (SSSR count). The van der Waals surface area contributed by atoms with Crippen molar-refractivity contribution in [2.24, 2.45) is 0 Å². The highest BCUT2D eigenvalue weighted by Crippen LogP contribution is 2.27. The van der Waals surface area contributed by atoms with Crippen LogP contribution in [-0.2, 0) is 9.59 Å². The molecule has 0 radical (unpaired) electrons. The lowest BCUT2D eigenvalue weighted by Gasteiger charge is -2.10. The summed E-state index contributed by atoms with van der Waals surface area (Å²) in [5.41, 5.74) is 5.77. The van der Waals surface area contributed by atoms with Crippen LogP contribution >= 0.6 is 35.4 Å². The van der Waals surface area contributed by atoms with E-state index in [0.717, 1.165) is 5.56 Å². The van der Waals surface area contributed by atoms with Crippen molar-refractivity contribution >= 4 is 58.4 Å². The lowest BCUT2D eigenvalue weighted by Crippen LogP contribution is -2.48. The van der Waals surface area contributed by atoms with E-state index in [1.807, 2.05) is 30.3 Å². The van der Waals surface area contributed by atoms with E-state index in [2.05, 4.69) is 16.2 Å². The Labute approximate surface area is 184 Å². The highest BCUT2D eigenvalue weighted by molar-refractivity contribution is 7.80. The zero-order valence-electron chi connectivity index (χ0n) is 15.3. The number of carbonyl (C=O) groups is 2. The van der Waals surface area contributed by atoms with Gasteiger partial charge < -0.3 is 4.74 Å². The van der Waals surface area contributed by atoms with Gasteiger partial charge in [-0.25, -0.2) is 0 Å². The molecule has 0 atom stereocenters. The lowest BCUT2D eigenvalue weighted by atomic mass is 10.2. The average molecular weight is 452 g/mol. The van der Waals surface area contributed by atoms with Crippen LogP contribution < -0.4 is 20.9 Å². The first kappa shape index (κ1) is 22.7. The molecule has 2 aromatic carbocycles. The van der Waals surface area contributed by atoms with Crippen molar-refractivity contribution in [3.8, 4) is 5.75 Å². The summed E-state index contributed by atoms with van der Waals surface area (Å²) < 4.78 is 5.50. The van der Waals surface area contributed by atoms with Crippen LogP contribution in [0.1, 0.15) is 18.4 Å². The number of ether oxygens (including phenoxy) is 1. The predicted octanol–water partition coefficient (Wildman–Crippen LogP) is 3.89. The van der Waals surface area contributed by atoms with Crippen LogP contribution in [0.2, 0.25) is 10.0 Å². The zero-order chi connectivity index (χ0) is 21.1. The molecule has 6 nitrogen and oxygen atoms in total. The second kappa shape index (κ2) is 12.1. The summed E-state index contributed by atoms with van der Waals surface area (Å²) in [5, 5.41) is 3.35. The van der Waals surface area contributed by atoms with Crippen LogP contribution in [0.5, 0.6) is 5.75 Å². The van der Waals surface area contributed by atoms with Crippen molar-refractivity contribution < 1.29 is 14.3 Å². The SMILES string of the molecule is O=C(C=Cc1ccccc1)NC(=S)NNC(=O)CCCOc1ccc(Cl)cc1Cl. The highest BCUT2D eigenvalue weighted by Gasteiger charge is 2.06. The maximum absolute atomic E-state index is 11.8. The first-order chi connectivity index (χ1) is 13.9. The van der Waals surface area contributed by atoms with Gasteiger partial charge >= 0.3 is 0 Å². The number of nitrogens with one attached hydrogen (secondary N) is 3. The largest absolute Gasteiger partial charge is 0.492 e. The van der Waals surface area contributed by atoms with Crippen LogP contribution in [0.15, 0.2) is 54.6 Å². The van der Waals surface area contributed by atoms with E-state index in [9.17, 15) is 9.59 Å². The van der Waals surface area contributed by atoms with Crippen LogP contribution in [0, 0.1) is 0 Å². The van der Waals surface area contributed by atoms with Gasteiger partial charge in [-0.15, -0.1) is 0 Å². The fourth-order valence-corrected chi connectivity index (χ4v) is 2.73. The predicted molar refractivity (Wildman–Crippen MR) is 119 cm³/mol. The number of hydrogen-bond acceptors (Lipinski definition) is 4. The monoisotopic (exact) mass is 451 g/mol. The molecule has 0 spiro atoms. The third-order valence-electron chi connectivity index (χ3n) is 3.48. The van der Waals surface area contributed by atoms with Crippen LogP contribution in [0.4, 0.5) is 0 Å². The summed E-state index contributed by atoms with van der Waals surface area (Å²) >= 11 is 16.8. The zero-order valence-corrected chi connectivity index (χ0v) is 17.6. The molecule has 2 aromatic rings. The van der Waals surface area contributed by atoms with E-state index in [1.54, 1.807) is 24.3 Å². The molecule has 0 unspecified atom stereocenters. The summed E-state index contributed by atoms with van der Waals surface area (Å²) in [6.07, 6.45) is 3.67. The van der Waals surface area contributed by atoms with Crippen LogP contribution in [-0.4, -0.2) is 23.5 Å². The molecule has 0 fully saturated rings. The Morgan fingerprint density at radius 3 is 2.55 bits per heavy atom. The van der Waals surface area contributed by atoms with Gasteiger partial charge in [-0.05, 0) is 48.5 Å². The van der Waals surface area contributed by atoms with Crippen molar-refractivity contribution in [2.45, 2.75) is 12.8 Å². The fourth-order valence-electron chi connectivity index (χ4n) is 2.12. The second-order valence-electron chi connectivity index (χ2n) is 5.76. The first-order valence-corrected chi connectivity index (χ1v) is 9.81. The minimum Gasteiger partial charge on any atom is -0.492 e. The van der Waals surface area contributed by atoms with E-state index in [4.69, 9.17) is 40.2 Å². The van der Waals surface area contributed by atoms with Gasteiger partial charge in [0.05, 0.1) is 11.6 Å². The molecule has 9 heteroatoms. The number of thiocarbonyl (C=S) groups is 1. The Balaban J connectivity index is 1.61. The normalized spacial score (nSPS) is 10.4. The Kier molecular flexibility index (Phi) is 9.43. The standard InChI is InChI=1S/C20H19Cl2N3O3S/c21-15-9-10-17(16(22)13-15)28-12-4-7-19(27)24-25-20(29)23-18(26)11-8-14-5-2-1-3-6-14/h1-3,5-6,8-11,13H,4,7,12H2,(H,24,27)(H2,23,25,26,29). The first-order valence-electron chi connectivity index (χ1n) is 8.65. The van der Waals surface area contributed by atoms with E-state index >= 15 is 0 Å². The number of hydrogen-bond donors (Lipinski definition) is 3. The van der Waals surface area contributed by atoms with Crippen LogP contribution in [0.25, 0.3) is 6.08 Å². The minimum absolute atomic E-state index is 0.00902. The second-order valence-corrected chi connectivity index (χ2v) is 7.01. The van der Waals surface area contributed by atoms with Gasteiger partial charge in [-0.1, -0.05) is 53.5 Å². The lowest BCUT2D eigenvalue weighted by molar-refractivity contribution is -0.122. The number of halogens is 2. The van der Waals surface area contributed by atoms with Crippen molar-refractivity contribution in [3.05, 3.63) is 70.2 Å². The van der Waals surface area contributed by atoms with Gasteiger partial charge in [0.2, 0.25) is 11.8 Å². The quantitative estimate of drug-likeness (QED) is 0.257. The van der Waals surface area contributed by atoms with E-state index in [1.165, 1.54) is 6.08 Å². The van der Waals surface area contributed by atoms with Crippen molar-refractivity contribution in [1.29, 1.82) is 0 Å². The molecule has 0 heterocycles. The number of rotatable bonds is 7. The number of carbonyl (C=O) groups excluding carboxylic acids is 2. The molecule has 29 heavy (non-hydrogen) atoms. The molecule has 0 aliphatic heterocycles. The molecular weight excluding hydrogens is 433 g/mol. The van der Waals surface area contributed by atoms with Crippen molar-refractivity contribution in [2.75, 3.05) is 6.61 Å². The molecule has 0 saturated heterocycles. The third-order valence-corrected chi connectivity index (χ3v) is 4.21. The van der Waals surface area contributed by atoms with E-state index in [0.29, 0.717) is 28.8 Å². The van der Waals surface area contributed by atoms with Gasteiger partial charge in [-0.2, -0.15) is 0 Å². The Morgan fingerprint density at radius 1 is 1.07 bits per heavy atom. The summed E-state index contributed by atoms with van der Waals surface area (Å²) in [6.45, 7) is 0.306. The van der Waals surface area contributed by atoms with Gasteiger partial charge in [0, 0.05) is 17.5 Å². The topological polar surface area (TPSA) is 79.5 Å². The molecule has 0 bridgehead atoms. The van der Waals surface area contributed by atoms with Crippen LogP contribution in [0.3, 0.4) is 0 Å². The molecule has 3 N–H and O–H groups in total. The molecule has 152 valence electrons. The smallest absolute Gasteiger partial charge is 0.250 e. The maximum Gasteiger partial charge on any atom is 0.250 e. The number of benzene rings is 2. The van der Waals surface area contributed by atoms with Gasteiger partial charge in [0.25, 0.3) is 0 Å². The minimum atomic E-state index is -0.408. The van der Waals surface area contributed by atoms with Gasteiger partial charge in [-0.3, -0.25) is 25.8 Å². The molecule has 0 saturated carbocycles. The van der Waals surface area contributed by atoms with Crippen molar-refractivity contribution in [3.63, 3.8) is 0 Å². The van der Waals surface area contributed by atoms with E-state index < -0.39 is 5.91 Å². The Morgan fingerprint density at radius 2 is 1.83 bits per heavy atom. The van der Waals surface area contributed by atoms with Gasteiger partial charge in [0.15, 0.2) is 5.11 Å². The Bertz CT molecular complexity index is 892. The summed E-state index contributed by atoms with van der Waals surface area (Å²) in [6, 6.07) is 14.3. The molecule has 0 aliphatic rings. The summed E-state index contributed by atoms with van der Waals surface area (Å²) in [5.74, 6) is -0.205. The average Bonchev–Trinajstić information content (AvgIpc) is 2.70. The molecule has 0 aliphatic carbocycles. The molecular formula is C20H19Cl2N3O3S. The summed E-state index contributed by atoms with van der Waals surface area (Å²) in [4.78, 5) is 23.6. The molecule has 0 aromatic heterocycles. The maximum atomic E-state index is 11.8. The van der Waals surface area contributed by atoms with Gasteiger partial charge in [0.1, 0.15) is 5.75 Å². The third kappa shape index (κ3) is 8.95. The number of hydrazine groups is 1. The number of amides is 2. The Hall–Kier alpha value is -2.61. The van der Waals surface area contributed by atoms with Crippen molar-refractivity contribution in [1.82, 2.24) is 16.2 Å². The van der Waals surface area contributed by atoms with E-state index in [-0.39, 0.29) is 17.4 Å². The highest BCUT2D eigenvalue weighted by atomic mass is 35.5.